The highest BCUT2D eigenvalue weighted by molar-refractivity contribution is 5.95. The van der Waals surface area contributed by atoms with E-state index in [2.05, 4.69) is 10.9 Å². The quantitative estimate of drug-likeness (QED) is 0.562. The molecule has 1 saturated heterocycles. The van der Waals surface area contributed by atoms with Crippen LogP contribution in [0.15, 0.2) is 60.7 Å². The van der Waals surface area contributed by atoms with Crippen LogP contribution in [0.4, 0.5) is 0 Å². The minimum atomic E-state index is -0.673. The Balaban J connectivity index is 1.40. The summed E-state index contributed by atoms with van der Waals surface area (Å²) in [6.07, 6.45) is 0.0536. The van der Waals surface area contributed by atoms with Crippen LogP contribution in [-0.4, -0.2) is 41.7 Å². The second-order valence-electron chi connectivity index (χ2n) is 6.64. The summed E-state index contributed by atoms with van der Waals surface area (Å²) in [5.74, 6) is -2.51. The Morgan fingerprint density at radius 1 is 0.966 bits per heavy atom. The predicted molar refractivity (Wildman–Crippen MR) is 103 cm³/mol. The number of nitrogens with one attached hydrogen (secondary N) is 2. The van der Waals surface area contributed by atoms with Crippen molar-refractivity contribution in [1.29, 1.82) is 0 Å². The maximum atomic E-state index is 12.2. The molecule has 1 atom stereocenters. The molecule has 0 spiro atoms. The van der Waals surface area contributed by atoms with E-state index in [1.807, 2.05) is 30.3 Å². The molecule has 2 aromatic rings. The van der Waals surface area contributed by atoms with Crippen molar-refractivity contribution < 1.29 is 23.9 Å². The second-order valence-corrected chi connectivity index (χ2v) is 6.64. The lowest BCUT2D eigenvalue weighted by atomic mass is 10.1. The molecule has 0 aromatic heterocycles. The van der Waals surface area contributed by atoms with Crippen LogP contribution in [0.2, 0.25) is 0 Å². The highest BCUT2D eigenvalue weighted by Gasteiger charge is 2.35. The molecule has 0 aliphatic carbocycles. The summed E-state index contributed by atoms with van der Waals surface area (Å²) in [6, 6.07) is 17.8. The van der Waals surface area contributed by atoms with E-state index in [4.69, 9.17) is 4.74 Å². The van der Waals surface area contributed by atoms with Gasteiger partial charge in [0.2, 0.25) is 5.91 Å². The van der Waals surface area contributed by atoms with Crippen LogP contribution in [0.3, 0.4) is 0 Å². The van der Waals surface area contributed by atoms with E-state index in [0.29, 0.717) is 12.1 Å². The molecule has 0 bridgehead atoms. The SMILES string of the molecule is O=C(COC(=O)[C@H]1CC(=O)N(Cc2ccccc2)C1)NNC(=O)c1ccccc1. The monoisotopic (exact) mass is 395 g/mol. The first-order chi connectivity index (χ1) is 14.0. The minimum absolute atomic E-state index is 0.0536. The van der Waals surface area contributed by atoms with E-state index in [0.717, 1.165) is 5.56 Å². The molecule has 2 aromatic carbocycles. The molecule has 0 saturated carbocycles. The van der Waals surface area contributed by atoms with Crippen molar-refractivity contribution in [2.45, 2.75) is 13.0 Å². The van der Waals surface area contributed by atoms with Crippen molar-refractivity contribution in [2.24, 2.45) is 5.92 Å². The molecule has 3 rings (SSSR count). The Bertz CT molecular complexity index is 886. The average Bonchev–Trinajstić information content (AvgIpc) is 3.12. The molecule has 0 radical (unpaired) electrons. The molecule has 1 aliphatic heterocycles. The summed E-state index contributed by atoms with van der Waals surface area (Å²) in [5.41, 5.74) is 5.78. The summed E-state index contributed by atoms with van der Waals surface area (Å²) < 4.78 is 4.99. The fraction of sp³-hybridized carbons (Fsp3) is 0.238. The van der Waals surface area contributed by atoms with E-state index in [-0.39, 0.29) is 18.9 Å². The van der Waals surface area contributed by atoms with Gasteiger partial charge in [-0.05, 0) is 17.7 Å². The van der Waals surface area contributed by atoms with E-state index in [1.165, 1.54) is 0 Å². The molecule has 1 heterocycles. The summed E-state index contributed by atoms with van der Waals surface area (Å²) in [6.45, 7) is 0.131. The fourth-order valence-corrected chi connectivity index (χ4v) is 2.97. The highest BCUT2D eigenvalue weighted by atomic mass is 16.5. The number of benzene rings is 2. The number of ether oxygens (including phenoxy) is 1. The fourth-order valence-electron chi connectivity index (χ4n) is 2.97. The molecular weight excluding hydrogens is 374 g/mol. The van der Waals surface area contributed by atoms with Gasteiger partial charge in [-0.15, -0.1) is 0 Å². The number of esters is 1. The van der Waals surface area contributed by atoms with E-state index in [9.17, 15) is 19.2 Å². The van der Waals surface area contributed by atoms with E-state index in [1.54, 1.807) is 35.2 Å². The third-order valence-electron chi connectivity index (χ3n) is 4.46. The average molecular weight is 395 g/mol. The number of hydrogen-bond donors (Lipinski definition) is 2. The zero-order chi connectivity index (χ0) is 20.6. The Morgan fingerprint density at radius 2 is 1.62 bits per heavy atom. The molecule has 2 N–H and O–H groups in total. The summed E-state index contributed by atoms with van der Waals surface area (Å²) in [7, 11) is 0. The van der Waals surface area contributed by atoms with E-state index >= 15 is 0 Å². The highest BCUT2D eigenvalue weighted by Crippen LogP contribution is 2.21. The van der Waals surface area contributed by atoms with Crippen LogP contribution < -0.4 is 10.9 Å². The Kier molecular flexibility index (Phi) is 6.57. The number of carbonyl (C=O) groups excluding carboxylic acids is 4. The predicted octanol–water partition coefficient (Wildman–Crippen LogP) is 1.04. The third kappa shape index (κ3) is 5.65. The zero-order valence-electron chi connectivity index (χ0n) is 15.7. The number of rotatable bonds is 6. The van der Waals surface area contributed by atoms with Gasteiger partial charge >= 0.3 is 5.97 Å². The van der Waals surface area contributed by atoms with Crippen LogP contribution in [-0.2, 0) is 25.7 Å². The lowest BCUT2D eigenvalue weighted by Gasteiger charge is -2.16. The number of amides is 3. The first-order valence-corrected chi connectivity index (χ1v) is 9.15. The van der Waals surface area contributed by atoms with Gasteiger partial charge in [-0.1, -0.05) is 48.5 Å². The first kappa shape index (κ1) is 20.1. The summed E-state index contributed by atoms with van der Waals surface area (Å²) >= 11 is 0. The third-order valence-corrected chi connectivity index (χ3v) is 4.46. The lowest BCUT2D eigenvalue weighted by molar-refractivity contribution is -0.152. The van der Waals surface area contributed by atoms with Gasteiger partial charge in [-0.2, -0.15) is 0 Å². The smallest absolute Gasteiger partial charge is 0.311 e. The van der Waals surface area contributed by atoms with Gasteiger partial charge in [0, 0.05) is 25.1 Å². The minimum Gasteiger partial charge on any atom is -0.455 e. The first-order valence-electron chi connectivity index (χ1n) is 9.15. The Labute approximate surface area is 167 Å². The van der Waals surface area contributed by atoms with Gasteiger partial charge in [0.25, 0.3) is 11.8 Å². The van der Waals surface area contributed by atoms with Crippen molar-refractivity contribution in [3.63, 3.8) is 0 Å². The van der Waals surface area contributed by atoms with Gasteiger partial charge in [0.1, 0.15) is 0 Å². The molecule has 0 unspecified atom stereocenters. The number of nitrogens with zero attached hydrogens (tertiary/aromatic N) is 1. The summed E-state index contributed by atoms with van der Waals surface area (Å²) in [5, 5.41) is 0. The number of hydrazine groups is 1. The number of hydrogen-bond acceptors (Lipinski definition) is 5. The largest absolute Gasteiger partial charge is 0.455 e. The topological polar surface area (TPSA) is 105 Å². The lowest BCUT2D eigenvalue weighted by Crippen LogP contribution is -2.43. The van der Waals surface area contributed by atoms with Gasteiger partial charge in [-0.25, -0.2) is 0 Å². The molecule has 3 amide bonds. The molecule has 8 nitrogen and oxygen atoms in total. The maximum absolute atomic E-state index is 12.2. The molecule has 29 heavy (non-hydrogen) atoms. The van der Waals surface area contributed by atoms with Crippen molar-refractivity contribution in [2.75, 3.05) is 13.2 Å². The van der Waals surface area contributed by atoms with Crippen LogP contribution >= 0.6 is 0 Å². The summed E-state index contributed by atoms with van der Waals surface area (Å²) in [4.78, 5) is 49.5. The molecule has 1 fully saturated rings. The molecule has 8 heteroatoms. The van der Waals surface area contributed by atoms with Crippen molar-refractivity contribution in [3.8, 4) is 0 Å². The van der Waals surface area contributed by atoms with Crippen LogP contribution in [0, 0.1) is 5.92 Å². The number of likely N-dealkylation sites (tertiary alicyclic amines) is 1. The standard InChI is InChI=1S/C21H21N3O5/c25-18(22-23-20(27)16-9-5-2-6-10-16)14-29-21(28)17-11-19(26)24(13-17)12-15-7-3-1-4-8-15/h1-10,17H,11-14H2,(H,22,25)(H,23,27)/t17-/m0/s1. The van der Waals surface area contributed by atoms with Gasteiger partial charge in [-0.3, -0.25) is 30.0 Å². The van der Waals surface area contributed by atoms with E-state index < -0.39 is 30.3 Å². The van der Waals surface area contributed by atoms with Crippen LogP contribution in [0.1, 0.15) is 22.3 Å². The van der Waals surface area contributed by atoms with Gasteiger partial charge in [0.15, 0.2) is 6.61 Å². The van der Waals surface area contributed by atoms with Crippen LogP contribution in [0.25, 0.3) is 0 Å². The second kappa shape index (κ2) is 9.50. The normalized spacial score (nSPS) is 15.7. The molecule has 1 aliphatic rings. The van der Waals surface area contributed by atoms with Crippen molar-refractivity contribution >= 4 is 23.7 Å². The van der Waals surface area contributed by atoms with Crippen LogP contribution in [0.5, 0.6) is 0 Å². The van der Waals surface area contributed by atoms with Gasteiger partial charge < -0.3 is 9.64 Å². The Hall–Kier alpha value is -3.68. The van der Waals surface area contributed by atoms with Crippen molar-refractivity contribution in [3.05, 3.63) is 71.8 Å². The van der Waals surface area contributed by atoms with Gasteiger partial charge in [0.05, 0.1) is 5.92 Å². The van der Waals surface area contributed by atoms with Crippen molar-refractivity contribution in [1.82, 2.24) is 15.8 Å². The zero-order valence-corrected chi connectivity index (χ0v) is 15.7. The molecule has 150 valence electrons. The molecular formula is C21H21N3O5. The number of carbonyl (C=O) groups is 4. The maximum Gasteiger partial charge on any atom is 0.311 e. The Morgan fingerprint density at radius 3 is 2.31 bits per heavy atom.